The van der Waals surface area contributed by atoms with Crippen molar-refractivity contribution in [1.82, 2.24) is 9.88 Å². The summed E-state index contributed by atoms with van der Waals surface area (Å²) in [5, 5.41) is 2.42. The molecule has 1 aromatic heterocycles. The second kappa shape index (κ2) is 11.4. The zero-order valence-electron chi connectivity index (χ0n) is 18.0. The van der Waals surface area contributed by atoms with Crippen molar-refractivity contribution in [3.63, 3.8) is 0 Å². The molecule has 0 saturated heterocycles. The van der Waals surface area contributed by atoms with Gasteiger partial charge in [-0.05, 0) is 36.6 Å². The van der Waals surface area contributed by atoms with E-state index in [1.807, 2.05) is 47.4 Å². The van der Waals surface area contributed by atoms with Crippen LogP contribution in [0.5, 0.6) is 0 Å². The third kappa shape index (κ3) is 6.25. The standard InChI is InChI=1S/C25H28N2O3S/c1-3-5-9-16-27(17-23-26-22(18-31-23)25(29)30-4-2)24(28)21-14-12-20(13-15-21)19-10-7-6-8-11-19/h6-8,10-15,18H,3-5,9,16-17H2,1-2H3. The number of hydrogen-bond donors (Lipinski definition) is 0. The van der Waals surface area contributed by atoms with Gasteiger partial charge in [0.05, 0.1) is 13.2 Å². The zero-order chi connectivity index (χ0) is 22.1. The molecule has 0 spiro atoms. The van der Waals surface area contributed by atoms with Gasteiger partial charge in [0, 0.05) is 17.5 Å². The van der Waals surface area contributed by atoms with Crippen LogP contribution in [-0.4, -0.2) is 34.9 Å². The molecule has 0 aliphatic rings. The maximum atomic E-state index is 13.2. The monoisotopic (exact) mass is 436 g/mol. The van der Waals surface area contributed by atoms with Gasteiger partial charge in [0.2, 0.25) is 0 Å². The molecule has 5 nitrogen and oxygen atoms in total. The number of carbonyl (C=O) groups is 2. The van der Waals surface area contributed by atoms with Gasteiger partial charge >= 0.3 is 5.97 Å². The summed E-state index contributed by atoms with van der Waals surface area (Å²) in [4.78, 5) is 31.3. The largest absolute Gasteiger partial charge is 0.461 e. The van der Waals surface area contributed by atoms with E-state index in [1.165, 1.54) is 11.3 Å². The summed E-state index contributed by atoms with van der Waals surface area (Å²) in [5.74, 6) is -0.450. The topological polar surface area (TPSA) is 59.5 Å². The highest BCUT2D eigenvalue weighted by Gasteiger charge is 2.19. The van der Waals surface area contributed by atoms with Gasteiger partial charge in [-0.15, -0.1) is 11.3 Å². The first kappa shape index (κ1) is 22.7. The fraction of sp³-hybridized carbons (Fsp3) is 0.320. The molecule has 0 N–H and O–H groups in total. The number of amides is 1. The molecule has 0 unspecified atom stereocenters. The number of carbonyl (C=O) groups excluding carboxylic acids is 2. The third-order valence-electron chi connectivity index (χ3n) is 4.92. The van der Waals surface area contributed by atoms with E-state index in [9.17, 15) is 9.59 Å². The Kier molecular flexibility index (Phi) is 8.35. The van der Waals surface area contributed by atoms with Crippen molar-refractivity contribution in [1.29, 1.82) is 0 Å². The lowest BCUT2D eigenvalue weighted by molar-refractivity contribution is 0.0520. The van der Waals surface area contributed by atoms with Crippen LogP contribution in [0.2, 0.25) is 0 Å². The number of nitrogens with zero attached hydrogens (tertiary/aromatic N) is 2. The highest BCUT2D eigenvalue weighted by atomic mass is 32.1. The molecule has 3 aromatic rings. The molecule has 0 radical (unpaired) electrons. The maximum Gasteiger partial charge on any atom is 0.357 e. The Bertz CT molecular complexity index is 984. The van der Waals surface area contributed by atoms with Crippen LogP contribution in [0.25, 0.3) is 11.1 Å². The van der Waals surface area contributed by atoms with Gasteiger partial charge < -0.3 is 9.64 Å². The summed E-state index contributed by atoms with van der Waals surface area (Å²) >= 11 is 1.38. The molecule has 2 aromatic carbocycles. The predicted octanol–water partition coefficient (Wildman–Crippen LogP) is 5.82. The highest BCUT2D eigenvalue weighted by molar-refractivity contribution is 7.09. The molecule has 1 amide bonds. The number of unbranched alkanes of at least 4 members (excludes halogenated alkanes) is 2. The summed E-state index contributed by atoms with van der Waals surface area (Å²) in [6.45, 7) is 5.25. The van der Waals surface area contributed by atoms with Crippen LogP contribution < -0.4 is 0 Å². The van der Waals surface area contributed by atoms with Crippen LogP contribution in [-0.2, 0) is 11.3 Å². The van der Waals surface area contributed by atoms with Gasteiger partial charge in [-0.1, -0.05) is 62.2 Å². The first-order valence-corrected chi connectivity index (χ1v) is 11.6. The summed E-state index contributed by atoms with van der Waals surface area (Å²) in [6.07, 6.45) is 3.07. The lowest BCUT2D eigenvalue weighted by Gasteiger charge is -2.22. The smallest absolute Gasteiger partial charge is 0.357 e. The number of thiazole rings is 1. The van der Waals surface area contributed by atoms with Crippen molar-refractivity contribution < 1.29 is 14.3 Å². The summed E-state index contributed by atoms with van der Waals surface area (Å²) in [7, 11) is 0. The van der Waals surface area contributed by atoms with Gasteiger partial charge in [0.25, 0.3) is 5.91 Å². The predicted molar refractivity (Wildman–Crippen MR) is 124 cm³/mol. The van der Waals surface area contributed by atoms with Gasteiger partial charge in [-0.3, -0.25) is 4.79 Å². The van der Waals surface area contributed by atoms with Crippen molar-refractivity contribution in [2.45, 2.75) is 39.7 Å². The minimum atomic E-state index is -0.426. The second-order valence-corrected chi connectivity index (χ2v) is 8.17. The second-order valence-electron chi connectivity index (χ2n) is 7.22. The average Bonchev–Trinajstić information content (AvgIpc) is 3.28. The molecule has 0 atom stereocenters. The lowest BCUT2D eigenvalue weighted by Crippen LogP contribution is -2.31. The van der Waals surface area contributed by atoms with Crippen LogP contribution in [0.3, 0.4) is 0 Å². The molecule has 6 heteroatoms. The van der Waals surface area contributed by atoms with Gasteiger partial charge in [-0.25, -0.2) is 9.78 Å². The molecule has 1 heterocycles. The Morgan fingerprint density at radius 1 is 0.968 bits per heavy atom. The van der Waals surface area contributed by atoms with Crippen LogP contribution in [0, 0.1) is 0 Å². The number of benzene rings is 2. The number of esters is 1. The van der Waals surface area contributed by atoms with Crippen molar-refractivity contribution in [2.24, 2.45) is 0 Å². The molecular formula is C25H28N2O3S. The van der Waals surface area contributed by atoms with Crippen molar-refractivity contribution in [3.8, 4) is 11.1 Å². The van der Waals surface area contributed by atoms with Crippen LogP contribution >= 0.6 is 11.3 Å². The summed E-state index contributed by atoms with van der Waals surface area (Å²) in [5.41, 5.74) is 3.15. The lowest BCUT2D eigenvalue weighted by atomic mass is 10.0. The van der Waals surface area contributed by atoms with E-state index >= 15 is 0 Å². The quantitative estimate of drug-likeness (QED) is 0.297. The molecule has 3 rings (SSSR count). The molecule has 0 aliphatic heterocycles. The normalized spacial score (nSPS) is 10.6. The Morgan fingerprint density at radius 3 is 2.35 bits per heavy atom. The molecular weight excluding hydrogens is 408 g/mol. The summed E-state index contributed by atoms with van der Waals surface area (Å²) in [6, 6.07) is 17.8. The SMILES string of the molecule is CCCCCN(Cc1nc(C(=O)OCC)cs1)C(=O)c1ccc(-c2ccccc2)cc1. The molecule has 162 valence electrons. The maximum absolute atomic E-state index is 13.2. The highest BCUT2D eigenvalue weighted by Crippen LogP contribution is 2.21. The third-order valence-corrected chi connectivity index (χ3v) is 5.75. The van der Waals surface area contributed by atoms with Crippen LogP contribution in [0.15, 0.2) is 60.0 Å². The fourth-order valence-corrected chi connectivity index (χ4v) is 4.05. The first-order valence-electron chi connectivity index (χ1n) is 10.7. The number of aromatic nitrogens is 1. The van der Waals surface area contributed by atoms with Crippen molar-refractivity contribution in [3.05, 3.63) is 76.2 Å². The molecule has 0 aliphatic carbocycles. The summed E-state index contributed by atoms with van der Waals surface area (Å²) < 4.78 is 5.01. The Hall–Kier alpha value is -2.99. The van der Waals surface area contributed by atoms with Gasteiger partial charge in [-0.2, -0.15) is 0 Å². The number of ether oxygens (including phenoxy) is 1. The average molecular weight is 437 g/mol. The minimum Gasteiger partial charge on any atom is -0.461 e. The van der Waals surface area contributed by atoms with Crippen LogP contribution in [0.1, 0.15) is 59.0 Å². The van der Waals surface area contributed by atoms with Gasteiger partial charge in [0.1, 0.15) is 5.01 Å². The van der Waals surface area contributed by atoms with Crippen molar-refractivity contribution >= 4 is 23.2 Å². The molecule has 0 fully saturated rings. The van der Waals surface area contributed by atoms with E-state index in [-0.39, 0.29) is 5.91 Å². The Balaban J connectivity index is 1.74. The molecule has 0 bridgehead atoms. The molecule has 0 saturated carbocycles. The Labute approximate surface area is 187 Å². The van der Waals surface area contributed by atoms with Crippen LogP contribution in [0.4, 0.5) is 0 Å². The Morgan fingerprint density at radius 2 is 1.68 bits per heavy atom. The van der Waals surface area contributed by atoms with Gasteiger partial charge in [0.15, 0.2) is 5.69 Å². The van der Waals surface area contributed by atoms with Crippen molar-refractivity contribution in [2.75, 3.05) is 13.2 Å². The van der Waals surface area contributed by atoms with E-state index in [2.05, 4.69) is 24.0 Å². The fourth-order valence-electron chi connectivity index (χ4n) is 3.27. The van der Waals surface area contributed by atoms with E-state index < -0.39 is 5.97 Å². The minimum absolute atomic E-state index is 0.0244. The first-order chi connectivity index (χ1) is 15.1. The number of hydrogen-bond acceptors (Lipinski definition) is 5. The zero-order valence-corrected chi connectivity index (χ0v) is 18.9. The van der Waals surface area contributed by atoms with E-state index in [1.54, 1.807) is 12.3 Å². The molecule has 31 heavy (non-hydrogen) atoms. The van der Waals surface area contributed by atoms with E-state index in [0.717, 1.165) is 35.4 Å². The van der Waals surface area contributed by atoms with E-state index in [4.69, 9.17) is 4.74 Å². The number of rotatable bonds is 10. The van der Waals surface area contributed by atoms with E-state index in [0.29, 0.717) is 31.0 Å².